The topological polar surface area (TPSA) is 122 Å². The summed E-state index contributed by atoms with van der Waals surface area (Å²) >= 11 is 1.38. The van der Waals surface area contributed by atoms with E-state index in [1.807, 2.05) is 54.6 Å². The highest BCUT2D eigenvalue weighted by molar-refractivity contribution is 7.21. The Hall–Kier alpha value is -4.05. The van der Waals surface area contributed by atoms with Crippen LogP contribution in [0.2, 0.25) is 0 Å². The van der Waals surface area contributed by atoms with Crippen LogP contribution in [0.5, 0.6) is 0 Å². The van der Waals surface area contributed by atoms with E-state index in [4.69, 9.17) is 5.73 Å². The summed E-state index contributed by atoms with van der Waals surface area (Å²) in [6.07, 6.45) is 0.607. The molecule has 0 aliphatic rings. The van der Waals surface area contributed by atoms with Crippen LogP contribution in [0.15, 0.2) is 59.4 Å². The van der Waals surface area contributed by atoms with Crippen molar-refractivity contribution < 1.29 is 4.92 Å². The Bertz CT molecular complexity index is 1540. The van der Waals surface area contributed by atoms with Gasteiger partial charge in [0.05, 0.1) is 27.4 Å². The van der Waals surface area contributed by atoms with Gasteiger partial charge in [-0.15, -0.1) is 16.0 Å². The van der Waals surface area contributed by atoms with Gasteiger partial charge in [-0.1, -0.05) is 42.5 Å². The number of anilines is 1. The van der Waals surface area contributed by atoms with Crippen LogP contribution >= 0.6 is 11.3 Å². The Morgan fingerprint density at radius 2 is 1.85 bits per heavy atom. The number of thiazole rings is 1. The van der Waals surface area contributed by atoms with Crippen molar-refractivity contribution in [2.24, 2.45) is 0 Å². The van der Waals surface area contributed by atoms with E-state index >= 15 is 0 Å². The minimum Gasteiger partial charge on any atom is -0.384 e. The SMILES string of the molecule is CCn1nc([N+](=O)[O-])c2c(-c3nc4ccccc4s3)c(N)n(CCc3ccccc3)c2c1=O. The van der Waals surface area contributed by atoms with Crippen LogP contribution in [-0.4, -0.2) is 24.3 Å². The summed E-state index contributed by atoms with van der Waals surface area (Å²) in [5, 5.41) is 16.7. The number of benzene rings is 2. The lowest BCUT2D eigenvalue weighted by Crippen LogP contribution is -2.25. The van der Waals surface area contributed by atoms with Gasteiger partial charge >= 0.3 is 11.4 Å². The van der Waals surface area contributed by atoms with E-state index in [1.165, 1.54) is 11.3 Å². The molecule has 0 saturated carbocycles. The fourth-order valence-electron chi connectivity index (χ4n) is 4.06. The van der Waals surface area contributed by atoms with Crippen molar-refractivity contribution in [1.82, 2.24) is 19.3 Å². The van der Waals surface area contributed by atoms with Gasteiger partial charge in [0.25, 0.3) is 0 Å². The minimum atomic E-state index is -0.564. The first-order valence-electron chi connectivity index (χ1n) is 10.5. The van der Waals surface area contributed by atoms with Crippen LogP contribution in [0, 0.1) is 10.1 Å². The van der Waals surface area contributed by atoms with E-state index in [9.17, 15) is 14.9 Å². The molecule has 0 aliphatic carbocycles. The van der Waals surface area contributed by atoms with Gasteiger partial charge < -0.3 is 20.4 Å². The van der Waals surface area contributed by atoms with Crippen LogP contribution < -0.4 is 11.3 Å². The molecular weight excluding hydrogens is 440 g/mol. The van der Waals surface area contributed by atoms with Gasteiger partial charge in [-0.2, -0.15) is 0 Å². The Morgan fingerprint density at radius 3 is 2.55 bits per heavy atom. The maximum absolute atomic E-state index is 13.3. The van der Waals surface area contributed by atoms with Crippen molar-refractivity contribution in [2.45, 2.75) is 26.4 Å². The average molecular weight is 461 g/mol. The number of nitro groups is 1. The molecule has 0 unspecified atom stereocenters. The summed E-state index contributed by atoms with van der Waals surface area (Å²) in [4.78, 5) is 29.4. The molecule has 0 fully saturated rings. The zero-order valence-corrected chi connectivity index (χ0v) is 18.6. The summed E-state index contributed by atoms with van der Waals surface area (Å²) in [5.41, 5.74) is 8.58. The van der Waals surface area contributed by atoms with Crippen LogP contribution in [-0.2, 0) is 19.5 Å². The van der Waals surface area contributed by atoms with Crippen molar-refractivity contribution in [3.05, 3.63) is 80.6 Å². The standard InChI is InChI=1S/C23H20N6O3S/c1-2-28-23(30)19-17(21(26-28)29(31)32)18(22-25-15-10-6-7-11-16(15)33-22)20(24)27(19)13-12-14-8-4-3-5-9-14/h3-11H,2,12-13,24H2,1H3. The lowest BCUT2D eigenvalue weighted by Gasteiger charge is -2.08. The largest absolute Gasteiger partial charge is 0.398 e. The van der Waals surface area contributed by atoms with E-state index in [-0.39, 0.29) is 23.3 Å². The highest BCUT2D eigenvalue weighted by Crippen LogP contribution is 2.42. The van der Waals surface area contributed by atoms with Crippen LogP contribution in [0.25, 0.3) is 31.7 Å². The third kappa shape index (κ3) is 3.44. The van der Waals surface area contributed by atoms with Crippen molar-refractivity contribution in [3.63, 3.8) is 0 Å². The number of fused-ring (bicyclic) bond motifs is 2. The summed E-state index contributed by atoms with van der Waals surface area (Å²) in [6.45, 7) is 2.31. The number of nitrogens with two attached hydrogens (primary N) is 1. The maximum Gasteiger partial charge on any atom is 0.398 e. The molecule has 0 atom stereocenters. The van der Waals surface area contributed by atoms with Crippen molar-refractivity contribution in [1.29, 1.82) is 0 Å². The maximum atomic E-state index is 13.3. The molecule has 5 aromatic rings. The molecule has 2 aromatic carbocycles. The lowest BCUT2D eigenvalue weighted by atomic mass is 10.1. The number of aromatic nitrogens is 4. The van der Waals surface area contributed by atoms with Gasteiger partial charge in [-0.05, 0) is 36.0 Å². The van der Waals surface area contributed by atoms with Crippen LogP contribution in [0.3, 0.4) is 0 Å². The quantitative estimate of drug-likeness (QED) is 0.299. The highest BCUT2D eigenvalue weighted by atomic mass is 32.1. The molecule has 0 spiro atoms. The first-order valence-corrected chi connectivity index (χ1v) is 11.3. The van der Waals surface area contributed by atoms with Gasteiger partial charge in [0.15, 0.2) is 0 Å². The predicted molar refractivity (Wildman–Crippen MR) is 129 cm³/mol. The van der Waals surface area contributed by atoms with E-state index in [0.717, 1.165) is 20.5 Å². The molecule has 3 aromatic heterocycles. The zero-order valence-electron chi connectivity index (χ0n) is 17.8. The van der Waals surface area contributed by atoms with Crippen molar-refractivity contribution in [3.8, 4) is 10.6 Å². The van der Waals surface area contributed by atoms with Gasteiger partial charge in [0.1, 0.15) is 21.7 Å². The highest BCUT2D eigenvalue weighted by Gasteiger charge is 2.31. The second-order valence-corrected chi connectivity index (χ2v) is 8.59. The number of hydrogen-bond donors (Lipinski definition) is 1. The average Bonchev–Trinajstić information content (AvgIpc) is 3.37. The monoisotopic (exact) mass is 460 g/mol. The summed E-state index contributed by atoms with van der Waals surface area (Å²) in [5.74, 6) is -0.123. The number of nitrogens with zero attached hydrogens (tertiary/aromatic N) is 5. The molecule has 3 heterocycles. The number of hydrogen-bond acceptors (Lipinski definition) is 7. The molecule has 0 bridgehead atoms. The number of rotatable bonds is 6. The van der Waals surface area contributed by atoms with E-state index in [2.05, 4.69) is 10.1 Å². The fourth-order valence-corrected chi connectivity index (χ4v) is 5.09. The molecule has 166 valence electrons. The van der Waals surface area contributed by atoms with Gasteiger partial charge in [0, 0.05) is 6.54 Å². The molecule has 2 N–H and O–H groups in total. The summed E-state index contributed by atoms with van der Waals surface area (Å²) in [6, 6.07) is 17.4. The van der Waals surface area contributed by atoms with Crippen LogP contribution in [0.1, 0.15) is 12.5 Å². The molecule has 0 radical (unpaired) electrons. The Morgan fingerprint density at radius 1 is 1.12 bits per heavy atom. The van der Waals surface area contributed by atoms with E-state index < -0.39 is 16.3 Å². The third-order valence-corrected chi connectivity index (χ3v) is 6.68. The number of aryl methyl sites for hydroxylation is 3. The summed E-state index contributed by atoms with van der Waals surface area (Å²) < 4.78 is 3.71. The molecule has 0 saturated heterocycles. The van der Waals surface area contributed by atoms with E-state index in [0.29, 0.717) is 23.5 Å². The first-order chi connectivity index (χ1) is 16.0. The first kappa shape index (κ1) is 20.8. The van der Waals surface area contributed by atoms with Gasteiger partial charge in [-0.25, -0.2) is 4.98 Å². The Balaban J connectivity index is 1.82. The minimum absolute atomic E-state index is 0.138. The van der Waals surface area contributed by atoms with Crippen LogP contribution in [0.4, 0.5) is 11.6 Å². The summed E-state index contributed by atoms with van der Waals surface area (Å²) in [7, 11) is 0. The Kier molecular flexibility index (Phi) is 5.14. The number of nitrogen functional groups attached to an aromatic ring is 1. The molecule has 10 heteroatoms. The Labute approximate surface area is 191 Å². The predicted octanol–water partition coefficient (Wildman–Crippen LogP) is 4.23. The smallest absolute Gasteiger partial charge is 0.384 e. The van der Waals surface area contributed by atoms with Gasteiger partial charge in [-0.3, -0.25) is 4.79 Å². The fraction of sp³-hybridized carbons (Fsp3) is 0.174. The second kappa shape index (κ2) is 8.14. The molecule has 5 rings (SSSR count). The van der Waals surface area contributed by atoms with Gasteiger partial charge in [0.2, 0.25) is 0 Å². The lowest BCUT2D eigenvalue weighted by molar-refractivity contribution is -0.388. The second-order valence-electron chi connectivity index (χ2n) is 7.56. The van der Waals surface area contributed by atoms with Crippen molar-refractivity contribution >= 4 is 44.1 Å². The molecule has 0 aliphatic heterocycles. The zero-order chi connectivity index (χ0) is 23.1. The normalized spacial score (nSPS) is 11.4. The third-order valence-electron chi connectivity index (χ3n) is 5.63. The van der Waals surface area contributed by atoms with E-state index in [1.54, 1.807) is 11.5 Å². The molecule has 0 amide bonds. The molecule has 9 nitrogen and oxygen atoms in total. The molecule has 33 heavy (non-hydrogen) atoms. The number of para-hydroxylation sites is 1. The van der Waals surface area contributed by atoms with Crippen molar-refractivity contribution in [2.75, 3.05) is 5.73 Å². The molecular formula is C23H20N6O3S.